The predicted octanol–water partition coefficient (Wildman–Crippen LogP) is 3.54. The average Bonchev–Trinajstić information content (AvgIpc) is 2.40. The molecule has 2 aromatic carbocycles. The number of hydrogen-bond acceptors (Lipinski definition) is 1. The maximum absolute atomic E-state index is 4.61. The van der Waals surface area contributed by atoms with Crippen molar-refractivity contribution in [2.75, 3.05) is 5.32 Å². The van der Waals surface area contributed by atoms with Crippen LogP contribution in [0, 0.1) is 0 Å². The van der Waals surface area contributed by atoms with Crippen LogP contribution in [0.3, 0.4) is 0 Å². The second-order valence-corrected chi connectivity index (χ2v) is 5.12. The molecule has 0 spiro atoms. The topological polar surface area (TPSA) is 24.4 Å². The number of aliphatic imine (C=N–C) groups is 1. The first-order valence-corrected chi connectivity index (χ1v) is 7.95. The Morgan fingerprint density at radius 3 is 2.12 bits per heavy atom. The van der Waals surface area contributed by atoms with E-state index in [-0.39, 0.29) is 0 Å². The maximum atomic E-state index is 4.61. The van der Waals surface area contributed by atoms with Gasteiger partial charge >= 0.3 is 108 Å². The van der Waals surface area contributed by atoms with Crippen molar-refractivity contribution in [1.29, 1.82) is 0 Å². The molecule has 0 amide bonds. The summed E-state index contributed by atoms with van der Waals surface area (Å²) < 4.78 is 1.04. The van der Waals surface area contributed by atoms with Gasteiger partial charge in [-0.2, -0.15) is 0 Å². The third-order valence-corrected chi connectivity index (χ3v) is 3.42. The summed E-state index contributed by atoms with van der Waals surface area (Å²) in [7, 11) is 0. The fourth-order valence-corrected chi connectivity index (χ4v) is 2.26. The first-order valence-electron chi connectivity index (χ1n) is 5.38. The van der Waals surface area contributed by atoms with Crippen molar-refractivity contribution >= 4 is 31.1 Å². The van der Waals surface area contributed by atoms with E-state index in [0.29, 0.717) is 15.0 Å². The standard InChI is InChI=1S/C14H14N2Se/c1-17-14(15-12-8-4-2-5-9-12)16-13-10-6-3-7-11-13/h2-11H,1H3,(H,15,16). The van der Waals surface area contributed by atoms with Gasteiger partial charge < -0.3 is 0 Å². The van der Waals surface area contributed by atoms with Crippen LogP contribution < -0.4 is 5.32 Å². The Labute approximate surface area is 108 Å². The Hall–Kier alpha value is -1.57. The zero-order chi connectivity index (χ0) is 11.9. The van der Waals surface area contributed by atoms with E-state index < -0.39 is 0 Å². The molecule has 17 heavy (non-hydrogen) atoms. The van der Waals surface area contributed by atoms with Gasteiger partial charge in [-0.1, -0.05) is 0 Å². The Morgan fingerprint density at radius 2 is 1.53 bits per heavy atom. The van der Waals surface area contributed by atoms with Crippen LogP contribution in [0.25, 0.3) is 0 Å². The summed E-state index contributed by atoms with van der Waals surface area (Å²) in [5, 5.41) is 3.35. The molecule has 3 heteroatoms. The Balaban J connectivity index is 2.15. The number of nitrogens with one attached hydrogen (secondary N) is 1. The van der Waals surface area contributed by atoms with Gasteiger partial charge in [-0.25, -0.2) is 0 Å². The van der Waals surface area contributed by atoms with Crippen LogP contribution in [0.1, 0.15) is 0 Å². The van der Waals surface area contributed by atoms with Crippen LogP contribution in [0.2, 0.25) is 5.82 Å². The summed E-state index contributed by atoms with van der Waals surface area (Å²) in [6.45, 7) is 0. The molecule has 0 fully saturated rings. The summed E-state index contributed by atoms with van der Waals surface area (Å²) in [4.78, 5) is 4.61. The summed E-state index contributed by atoms with van der Waals surface area (Å²) in [6, 6.07) is 20.2. The molecule has 1 N–H and O–H groups in total. The van der Waals surface area contributed by atoms with Crippen molar-refractivity contribution in [3.05, 3.63) is 60.7 Å². The van der Waals surface area contributed by atoms with Crippen molar-refractivity contribution in [1.82, 2.24) is 0 Å². The number of para-hydroxylation sites is 2. The molecule has 0 aromatic heterocycles. The molecule has 0 saturated carbocycles. The third kappa shape index (κ3) is 3.74. The zero-order valence-corrected chi connectivity index (χ0v) is 11.3. The van der Waals surface area contributed by atoms with Gasteiger partial charge in [0.05, 0.1) is 0 Å². The average molecular weight is 289 g/mol. The van der Waals surface area contributed by atoms with Gasteiger partial charge in [-0.05, 0) is 0 Å². The molecule has 2 nitrogen and oxygen atoms in total. The van der Waals surface area contributed by atoms with Crippen molar-refractivity contribution in [3.63, 3.8) is 0 Å². The molecular weight excluding hydrogens is 275 g/mol. The molecule has 0 aliphatic rings. The number of nitrogens with zero attached hydrogens (tertiary/aromatic N) is 1. The third-order valence-electron chi connectivity index (χ3n) is 2.21. The molecule has 2 aromatic rings. The Bertz CT molecular complexity index is 480. The molecule has 0 atom stereocenters. The molecule has 86 valence electrons. The second kappa shape index (κ2) is 6.24. The van der Waals surface area contributed by atoms with Crippen LogP contribution in [-0.2, 0) is 0 Å². The molecule has 2 rings (SSSR count). The molecule has 0 aliphatic heterocycles. The van der Waals surface area contributed by atoms with Gasteiger partial charge in [0.1, 0.15) is 0 Å². The monoisotopic (exact) mass is 290 g/mol. The first-order chi connectivity index (χ1) is 8.38. The molecule has 0 unspecified atom stereocenters. The van der Waals surface area contributed by atoms with E-state index >= 15 is 0 Å². The Morgan fingerprint density at radius 1 is 0.941 bits per heavy atom. The van der Waals surface area contributed by atoms with Gasteiger partial charge in [0.2, 0.25) is 0 Å². The van der Waals surface area contributed by atoms with Crippen LogP contribution in [0.4, 0.5) is 11.4 Å². The van der Waals surface area contributed by atoms with Crippen LogP contribution in [-0.4, -0.2) is 19.7 Å². The van der Waals surface area contributed by atoms with E-state index in [2.05, 4.69) is 16.1 Å². The number of amidine groups is 1. The van der Waals surface area contributed by atoms with E-state index in [1.807, 2.05) is 60.7 Å². The Kier molecular flexibility index (Phi) is 4.37. The summed E-state index contributed by atoms with van der Waals surface area (Å²) in [6.07, 6.45) is 0. The van der Waals surface area contributed by atoms with Crippen molar-refractivity contribution in [3.8, 4) is 0 Å². The van der Waals surface area contributed by atoms with E-state index in [0.717, 1.165) is 16.1 Å². The summed E-state index contributed by atoms with van der Waals surface area (Å²) in [5.41, 5.74) is 2.08. The predicted molar refractivity (Wildman–Crippen MR) is 75.2 cm³/mol. The molecule has 0 bridgehead atoms. The second-order valence-electron chi connectivity index (χ2n) is 3.45. The quantitative estimate of drug-likeness (QED) is 0.521. The fraction of sp³-hybridized carbons (Fsp3) is 0.0714. The van der Waals surface area contributed by atoms with Crippen LogP contribution >= 0.6 is 0 Å². The zero-order valence-electron chi connectivity index (χ0n) is 9.63. The van der Waals surface area contributed by atoms with Crippen molar-refractivity contribution < 1.29 is 0 Å². The molecule has 0 saturated heterocycles. The van der Waals surface area contributed by atoms with E-state index in [4.69, 9.17) is 0 Å². The van der Waals surface area contributed by atoms with E-state index in [1.54, 1.807) is 0 Å². The molecule has 0 aliphatic carbocycles. The van der Waals surface area contributed by atoms with E-state index in [1.165, 1.54) is 0 Å². The fourth-order valence-electron chi connectivity index (χ4n) is 1.39. The summed E-state index contributed by atoms with van der Waals surface area (Å²) >= 11 is 0.339. The van der Waals surface area contributed by atoms with Gasteiger partial charge in [0, 0.05) is 0 Å². The van der Waals surface area contributed by atoms with Gasteiger partial charge in [0.25, 0.3) is 0 Å². The molecule has 0 heterocycles. The van der Waals surface area contributed by atoms with Crippen molar-refractivity contribution in [2.24, 2.45) is 4.99 Å². The summed E-state index contributed by atoms with van der Waals surface area (Å²) in [5.74, 6) is 2.16. The number of anilines is 1. The number of benzene rings is 2. The first kappa shape index (κ1) is 11.9. The van der Waals surface area contributed by atoms with Crippen LogP contribution in [0.15, 0.2) is 65.7 Å². The van der Waals surface area contributed by atoms with Gasteiger partial charge in [-0.15, -0.1) is 0 Å². The van der Waals surface area contributed by atoms with Crippen LogP contribution in [0.5, 0.6) is 0 Å². The number of hydrogen-bond donors (Lipinski definition) is 1. The minimum atomic E-state index is 0.339. The molecular formula is C14H14N2Se. The number of rotatable bonds is 3. The minimum absolute atomic E-state index is 0.339. The van der Waals surface area contributed by atoms with E-state index in [9.17, 15) is 0 Å². The van der Waals surface area contributed by atoms with Gasteiger partial charge in [0.15, 0.2) is 0 Å². The SMILES string of the molecule is C[Se]C(=Nc1ccccc1)Nc1ccccc1. The normalized spacial score (nSPS) is 11.2. The van der Waals surface area contributed by atoms with Gasteiger partial charge in [-0.3, -0.25) is 0 Å². The molecule has 0 radical (unpaired) electrons. The van der Waals surface area contributed by atoms with Crippen molar-refractivity contribution in [2.45, 2.75) is 5.82 Å².